The van der Waals surface area contributed by atoms with Gasteiger partial charge in [0.1, 0.15) is 22.6 Å². The minimum Gasteiger partial charge on any atom is -0.481 e. The Morgan fingerprint density at radius 1 is 0.517 bits per heavy atom. The van der Waals surface area contributed by atoms with Gasteiger partial charge in [-0.2, -0.15) is 25.3 Å². The smallest absolute Gasteiger partial charge is 0.303 e. The Bertz CT molecular complexity index is 3630. The van der Waals surface area contributed by atoms with E-state index in [0.717, 1.165) is 18.2 Å². The first-order valence-electron chi connectivity index (χ1n) is 17.4. The van der Waals surface area contributed by atoms with Gasteiger partial charge in [-0.25, -0.2) is 29.9 Å². The van der Waals surface area contributed by atoms with Crippen LogP contribution in [0, 0.1) is 11.8 Å². The number of hydrogen-bond acceptors (Lipinski definition) is 13. The predicted molar refractivity (Wildman–Crippen MR) is 214 cm³/mol. The number of H-pyrrole nitrogens is 2. The molecule has 0 atom stereocenters. The number of unbranched alkanes of at least 4 members (excludes halogenated alkanes) is 1. The monoisotopic (exact) mass is 864 g/mol. The van der Waals surface area contributed by atoms with Gasteiger partial charge in [0.25, 0.3) is 30.4 Å². The summed E-state index contributed by atoms with van der Waals surface area (Å²) in [5.41, 5.74) is 2.06. The Labute approximate surface area is 337 Å². The van der Waals surface area contributed by atoms with Crippen molar-refractivity contribution in [3.8, 4) is 57.4 Å². The summed E-state index contributed by atoms with van der Waals surface area (Å²) in [6, 6.07) is 16.2. The topological polar surface area (TPSA) is 309 Å². The van der Waals surface area contributed by atoms with Gasteiger partial charge in [-0.1, -0.05) is 11.8 Å². The van der Waals surface area contributed by atoms with E-state index < -0.39 is 51.0 Å². The van der Waals surface area contributed by atoms with Crippen molar-refractivity contribution < 1.29 is 48.8 Å². The number of nitrogens with zero attached hydrogens (tertiary/aromatic N) is 6. The van der Waals surface area contributed by atoms with Crippen LogP contribution in [-0.2, 0) is 35.1 Å². The van der Waals surface area contributed by atoms with Crippen LogP contribution in [0.4, 0.5) is 0 Å². The van der Waals surface area contributed by atoms with Gasteiger partial charge in [0.2, 0.25) is 0 Å². The first-order valence-corrected chi connectivity index (χ1v) is 21.8. The summed E-state index contributed by atoms with van der Waals surface area (Å²) in [5.74, 6) is 5.11. The lowest BCUT2D eigenvalue weighted by Crippen LogP contribution is -1.98. The first kappa shape index (κ1) is 38.5. The summed E-state index contributed by atoms with van der Waals surface area (Å²) in [6.45, 7) is 0. The molecule has 0 fully saturated rings. The highest BCUT2D eigenvalue weighted by molar-refractivity contribution is 7.86. The summed E-state index contributed by atoms with van der Waals surface area (Å²) in [5, 5.41) is 9.97. The van der Waals surface area contributed by atoms with Gasteiger partial charge in [0, 0.05) is 62.2 Å². The Morgan fingerprint density at radius 3 is 1.42 bits per heavy atom. The number of aliphatic carboxylic acids is 1. The predicted octanol–water partition coefficient (Wildman–Crippen LogP) is 5.22. The maximum absolute atomic E-state index is 12.3. The van der Waals surface area contributed by atoms with Crippen LogP contribution in [0.25, 0.3) is 89.7 Å². The van der Waals surface area contributed by atoms with E-state index in [0.29, 0.717) is 40.3 Å². The molecule has 60 heavy (non-hydrogen) atoms. The standard InChI is InChI=1S/C38H24N8O11S3/c47-30(48)5-3-1-2-4-18-6-10-22-26(14-18)35-39-31(22)41-36-28-16-20(59(52,53)54)8-12-24(28)33(43-36)45-38-29-17-21(60(55,56)57)9-13-25(29)34(46-38)44-37-27-15-19(58(49,50)51)7-11-23(27)32(40-35)42-37/h6-17H,1,3,5H2,(H,47,48)(H,49,50,51)(H,52,53,54)(H,55,56,57)(H2,39,40,41,42,43,44,45,46). The maximum atomic E-state index is 12.3. The lowest BCUT2D eigenvalue weighted by Gasteiger charge is -2.02. The molecule has 0 saturated heterocycles. The minimum absolute atomic E-state index is 0.0187. The zero-order valence-electron chi connectivity index (χ0n) is 30.1. The quantitative estimate of drug-likeness (QED) is 0.0709. The van der Waals surface area contributed by atoms with Crippen molar-refractivity contribution in [2.45, 2.75) is 33.9 Å². The van der Waals surface area contributed by atoms with Crippen molar-refractivity contribution in [1.29, 1.82) is 0 Å². The maximum Gasteiger partial charge on any atom is 0.303 e. The van der Waals surface area contributed by atoms with Crippen LogP contribution in [0.5, 0.6) is 0 Å². The summed E-state index contributed by atoms with van der Waals surface area (Å²) < 4.78 is 103. The lowest BCUT2D eigenvalue weighted by molar-refractivity contribution is -0.137. The molecule has 300 valence electrons. The molecule has 7 aromatic rings. The molecule has 9 rings (SSSR count). The third-order valence-corrected chi connectivity index (χ3v) is 12.1. The van der Waals surface area contributed by atoms with Crippen LogP contribution in [-0.4, -0.2) is 89.9 Å². The molecule has 0 unspecified atom stereocenters. The summed E-state index contributed by atoms with van der Waals surface area (Å²) in [7, 11) is -14.1. The molecular formula is C38H24N8O11S3. The van der Waals surface area contributed by atoms with Crippen molar-refractivity contribution in [1.82, 2.24) is 39.9 Å². The van der Waals surface area contributed by atoms with Crippen molar-refractivity contribution in [2.24, 2.45) is 0 Å². The average Bonchev–Trinajstić information content (AvgIpc) is 3.91. The molecule has 8 bridgehead atoms. The van der Waals surface area contributed by atoms with E-state index in [1.165, 1.54) is 36.4 Å². The van der Waals surface area contributed by atoms with E-state index in [1.807, 2.05) is 0 Å². The first-order chi connectivity index (χ1) is 28.4. The number of rotatable bonds is 6. The normalized spacial score (nSPS) is 12.5. The molecule has 5 heterocycles. The summed E-state index contributed by atoms with van der Waals surface area (Å²) in [6.07, 6.45) is 0.628. The molecule has 2 aliphatic heterocycles. The second kappa shape index (κ2) is 13.8. The van der Waals surface area contributed by atoms with Gasteiger partial charge >= 0.3 is 5.97 Å². The number of aromatic amines is 2. The fourth-order valence-electron chi connectivity index (χ4n) is 6.78. The van der Waals surface area contributed by atoms with Crippen molar-refractivity contribution >= 4 is 80.5 Å². The fourth-order valence-corrected chi connectivity index (χ4v) is 8.30. The van der Waals surface area contributed by atoms with E-state index in [1.54, 1.807) is 18.2 Å². The number of carboxylic acids is 1. The highest BCUT2D eigenvalue weighted by atomic mass is 32.2. The molecule has 6 N–H and O–H groups in total. The average molecular weight is 865 g/mol. The van der Waals surface area contributed by atoms with Crippen LogP contribution >= 0.6 is 0 Å². The lowest BCUT2D eigenvalue weighted by atomic mass is 10.0. The van der Waals surface area contributed by atoms with Gasteiger partial charge < -0.3 is 15.1 Å². The van der Waals surface area contributed by atoms with E-state index >= 15 is 0 Å². The molecule has 2 aliphatic rings. The second-order valence-corrected chi connectivity index (χ2v) is 17.7. The molecule has 19 nitrogen and oxygen atoms in total. The molecule has 0 saturated carbocycles. The van der Waals surface area contributed by atoms with Gasteiger partial charge in [-0.05, 0) is 79.2 Å². The molecule has 22 heteroatoms. The number of fused-ring (bicyclic) bond motifs is 20. The zero-order valence-corrected chi connectivity index (χ0v) is 32.6. The molecular weight excluding hydrogens is 841 g/mol. The van der Waals surface area contributed by atoms with E-state index in [9.17, 15) is 43.7 Å². The second-order valence-electron chi connectivity index (χ2n) is 13.5. The molecule has 0 radical (unpaired) electrons. The zero-order chi connectivity index (χ0) is 42.3. The van der Waals surface area contributed by atoms with Gasteiger partial charge in [0.05, 0.1) is 14.7 Å². The molecule has 4 aromatic carbocycles. The van der Waals surface area contributed by atoms with Crippen LogP contribution < -0.4 is 0 Å². The Kier molecular flexibility index (Phi) is 8.86. The summed E-state index contributed by atoms with van der Waals surface area (Å²) in [4.78, 5) is 44.1. The van der Waals surface area contributed by atoms with Gasteiger partial charge in [0.15, 0.2) is 23.3 Å². The van der Waals surface area contributed by atoms with Crippen LogP contribution in [0.15, 0.2) is 87.5 Å². The number of nitrogens with one attached hydrogen (secondary N) is 2. The van der Waals surface area contributed by atoms with Crippen LogP contribution in [0.1, 0.15) is 24.8 Å². The molecule has 3 aromatic heterocycles. The van der Waals surface area contributed by atoms with E-state index in [-0.39, 0.29) is 74.2 Å². The number of carboxylic acid groups (broad SMARTS) is 1. The van der Waals surface area contributed by atoms with Crippen molar-refractivity contribution in [2.75, 3.05) is 0 Å². The van der Waals surface area contributed by atoms with Crippen molar-refractivity contribution in [3.05, 3.63) is 78.4 Å². The Hall–Kier alpha value is -7.00. The third-order valence-electron chi connectivity index (χ3n) is 9.56. The minimum atomic E-state index is -4.72. The number of aromatic nitrogens is 8. The molecule has 0 amide bonds. The molecule has 0 spiro atoms. The number of benzene rings is 4. The largest absolute Gasteiger partial charge is 0.481 e. The summed E-state index contributed by atoms with van der Waals surface area (Å²) >= 11 is 0. The van der Waals surface area contributed by atoms with Gasteiger partial charge in [-0.15, -0.1) is 0 Å². The SMILES string of the molecule is O=C(O)CCCC#Cc1ccc2c(c1)-c1nc-2nc2[nH]c(nc3nc(nc4[nH]c(n1)c1ccc(S(=O)(=O)O)cc41)-c1ccc(S(=O)(=O)O)cc1-3)c1ccc(S(=O)(=O)O)cc21. The van der Waals surface area contributed by atoms with Crippen molar-refractivity contribution in [3.63, 3.8) is 0 Å². The Morgan fingerprint density at radius 2 is 0.933 bits per heavy atom. The third kappa shape index (κ3) is 7.00. The van der Waals surface area contributed by atoms with E-state index in [4.69, 9.17) is 30.0 Å². The molecule has 0 aliphatic carbocycles. The van der Waals surface area contributed by atoms with E-state index in [2.05, 4.69) is 26.8 Å². The highest BCUT2D eigenvalue weighted by Gasteiger charge is 2.25. The number of carbonyl (C=O) groups is 1. The van der Waals surface area contributed by atoms with Crippen LogP contribution in [0.2, 0.25) is 0 Å². The fraction of sp³-hybridized carbons (Fsp3) is 0.0789. The van der Waals surface area contributed by atoms with Gasteiger partial charge in [-0.3, -0.25) is 18.5 Å². The highest BCUT2D eigenvalue weighted by Crippen LogP contribution is 2.38. The Balaban J connectivity index is 1.41. The van der Waals surface area contributed by atoms with Crippen LogP contribution in [0.3, 0.4) is 0 Å². The number of hydrogen-bond donors (Lipinski definition) is 6.